The van der Waals surface area contributed by atoms with Gasteiger partial charge >= 0.3 is 0 Å². The monoisotopic (exact) mass is 382 g/mol. The average Bonchev–Trinajstić information content (AvgIpc) is 3.03. The van der Waals surface area contributed by atoms with E-state index in [1.165, 1.54) is 12.1 Å². The van der Waals surface area contributed by atoms with Crippen LogP contribution in [0.5, 0.6) is 11.5 Å². The van der Waals surface area contributed by atoms with E-state index in [0.717, 1.165) is 23.3 Å². The molecule has 1 unspecified atom stereocenters. The van der Waals surface area contributed by atoms with Crippen molar-refractivity contribution in [2.24, 2.45) is 0 Å². The summed E-state index contributed by atoms with van der Waals surface area (Å²) in [6, 6.07) is 10.1. The number of hydrogen-bond acceptors (Lipinski definition) is 5. The fourth-order valence-corrected chi connectivity index (χ4v) is 3.11. The zero-order chi connectivity index (χ0) is 20.1. The molecule has 1 N–H and O–H groups in total. The second-order valence-corrected chi connectivity index (χ2v) is 6.50. The number of nitrogens with one attached hydrogen (secondary N) is 1. The summed E-state index contributed by atoms with van der Waals surface area (Å²) in [6.45, 7) is 4.49. The number of para-hydroxylation sites is 1. The minimum absolute atomic E-state index is 0.0182. The van der Waals surface area contributed by atoms with Gasteiger partial charge in [-0.3, -0.25) is 14.9 Å². The van der Waals surface area contributed by atoms with Crippen LogP contribution < -0.4 is 14.8 Å². The van der Waals surface area contributed by atoms with E-state index in [0.29, 0.717) is 17.9 Å². The van der Waals surface area contributed by atoms with Gasteiger partial charge in [0.1, 0.15) is 17.6 Å². The molecule has 7 heteroatoms. The van der Waals surface area contributed by atoms with Gasteiger partial charge in [-0.05, 0) is 32.1 Å². The van der Waals surface area contributed by atoms with Crippen molar-refractivity contribution < 1.29 is 19.2 Å². The van der Waals surface area contributed by atoms with E-state index < -0.39 is 4.92 Å². The van der Waals surface area contributed by atoms with E-state index in [9.17, 15) is 14.9 Å². The van der Waals surface area contributed by atoms with E-state index in [-0.39, 0.29) is 24.2 Å². The molecule has 3 rings (SSSR count). The van der Waals surface area contributed by atoms with Crippen molar-refractivity contribution in [3.63, 3.8) is 0 Å². The molecule has 28 heavy (non-hydrogen) atoms. The van der Waals surface area contributed by atoms with Crippen LogP contribution in [-0.2, 0) is 17.8 Å². The molecule has 1 heterocycles. The standard InChI is InChI=1S/C21H22N2O5/c1-3-27-19-12-17-10-14(2)28-20(17)11-15(19)8-9-21(24)22-13-16-6-4-5-7-18(16)23(25)26/h4-9,11-12,14H,3,10,13H2,1-2H3,(H,22,24)/b9-8+. The summed E-state index contributed by atoms with van der Waals surface area (Å²) in [5.74, 6) is 1.15. The first kappa shape index (κ1) is 19.4. The molecule has 0 spiro atoms. The maximum atomic E-state index is 12.2. The van der Waals surface area contributed by atoms with Gasteiger partial charge in [0, 0.05) is 41.8 Å². The third-order valence-electron chi connectivity index (χ3n) is 4.38. The topological polar surface area (TPSA) is 90.7 Å². The highest BCUT2D eigenvalue weighted by atomic mass is 16.6. The second-order valence-electron chi connectivity index (χ2n) is 6.50. The maximum Gasteiger partial charge on any atom is 0.274 e. The Kier molecular flexibility index (Phi) is 5.93. The second kappa shape index (κ2) is 8.56. The van der Waals surface area contributed by atoms with Gasteiger partial charge in [-0.25, -0.2) is 0 Å². The number of ether oxygens (including phenoxy) is 2. The fourth-order valence-electron chi connectivity index (χ4n) is 3.11. The van der Waals surface area contributed by atoms with E-state index >= 15 is 0 Å². The minimum Gasteiger partial charge on any atom is -0.493 e. The first-order chi connectivity index (χ1) is 13.5. The van der Waals surface area contributed by atoms with Gasteiger partial charge in [0.05, 0.1) is 11.5 Å². The summed E-state index contributed by atoms with van der Waals surface area (Å²) in [5, 5.41) is 13.7. The van der Waals surface area contributed by atoms with Gasteiger partial charge in [-0.1, -0.05) is 18.2 Å². The zero-order valence-corrected chi connectivity index (χ0v) is 15.8. The molecule has 0 radical (unpaired) electrons. The van der Waals surface area contributed by atoms with Crippen molar-refractivity contribution in [1.82, 2.24) is 5.32 Å². The number of nitro benzene ring substituents is 1. The van der Waals surface area contributed by atoms with E-state index in [2.05, 4.69) is 5.32 Å². The SMILES string of the molecule is CCOc1cc2c(cc1/C=C/C(=O)NCc1ccccc1[N+](=O)[O-])OC(C)C2. The molecule has 0 bridgehead atoms. The van der Waals surface area contributed by atoms with Gasteiger partial charge < -0.3 is 14.8 Å². The number of rotatable bonds is 7. The predicted octanol–water partition coefficient (Wildman–Crippen LogP) is 3.65. The molecule has 146 valence electrons. The number of benzene rings is 2. The van der Waals surface area contributed by atoms with E-state index in [4.69, 9.17) is 9.47 Å². The van der Waals surface area contributed by atoms with E-state index in [1.807, 2.05) is 26.0 Å². The molecular weight excluding hydrogens is 360 g/mol. The van der Waals surface area contributed by atoms with Gasteiger partial charge in [0.15, 0.2) is 0 Å². The molecule has 2 aromatic carbocycles. The maximum absolute atomic E-state index is 12.2. The third kappa shape index (κ3) is 4.49. The Morgan fingerprint density at radius 1 is 1.39 bits per heavy atom. The Hall–Kier alpha value is -3.35. The van der Waals surface area contributed by atoms with Crippen molar-refractivity contribution in [2.45, 2.75) is 32.9 Å². The average molecular weight is 382 g/mol. The molecule has 7 nitrogen and oxygen atoms in total. The van der Waals surface area contributed by atoms with Crippen LogP contribution in [0.1, 0.15) is 30.5 Å². The normalized spacial score (nSPS) is 15.1. The van der Waals surface area contributed by atoms with Crippen LogP contribution in [0.2, 0.25) is 0 Å². The molecule has 1 amide bonds. The zero-order valence-electron chi connectivity index (χ0n) is 15.8. The smallest absolute Gasteiger partial charge is 0.274 e. The minimum atomic E-state index is -0.461. The summed E-state index contributed by atoms with van der Waals surface area (Å²) >= 11 is 0. The summed E-state index contributed by atoms with van der Waals surface area (Å²) in [6.07, 6.45) is 3.99. The predicted molar refractivity (Wildman–Crippen MR) is 105 cm³/mol. The van der Waals surface area contributed by atoms with Gasteiger partial charge in [0.25, 0.3) is 5.69 Å². The molecule has 2 aromatic rings. The molecule has 0 aliphatic carbocycles. The quantitative estimate of drug-likeness (QED) is 0.448. The highest BCUT2D eigenvalue weighted by molar-refractivity contribution is 5.92. The lowest BCUT2D eigenvalue weighted by atomic mass is 10.1. The van der Waals surface area contributed by atoms with Crippen molar-refractivity contribution in [2.75, 3.05) is 6.61 Å². The number of carbonyl (C=O) groups excluding carboxylic acids is 1. The Bertz CT molecular complexity index is 923. The van der Waals surface area contributed by atoms with Crippen LogP contribution >= 0.6 is 0 Å². The molecule has 0 fully saturated rings. The molecule has 1 aliphatic heterocycles. The summed E-state index contributed by atoms with van der Waals surface area (Å²) in [5.41, 5.74) is 2.27. The highest BCUT2D eigenvalue weighted by Gasteiger charge is 2.21. The molecule has 1 aliphatic rings. The summed E-state index contributed by atoms with van der Waals surface area (Å²) in [4.78, 5) is 22.8. The lowest BCUT2D eigenvalue weighted by Crippen LogP contribution is -2.20. The number of nitrogens with zero attached hydrogens (tertiary/aromatic N) is 1. The van der Waals surface area contributed by atoms with Crippen LogP contribution in [0.15, 0.2) is 42.5 Å². The van der Waals surface area contributed by atoms with Crippen LogP contribution in [-0.4, -0.2) is 23.5 Å². The molecule has 1 atom stereocenters. The fraction of sp³-hybridized carbons (Fsp3) is 0.286. The lowest BCUT2D eigenvalue weighted by molar-refractivity contribution is -0.385. The van der Waals surface area contributed by atoms with Crippen LogP contribution in [0.3, 0.4) is 0 Å². The Labute approximate surface area is 163 Å². The lowest BCUT2D eigenvalue weighted by Gasteiger charge is -2.10. The third-order valence-corrected chi connectivity index (χ3v) is 4.38. The number of amides is 1. The summed E-state index contributed by atoms with van der Waals surface area (Å²) in [7, 11) is 0. The highest BCUT2D eigenvalue weighted by Crippen LogP contribution is 2.35. The molecular formula is C21H22N2O5. The Balaban J connectivity index is 1.71. The van der Waals surface area contributed by atoms with Crippen molar-refractivity contribution in [3.05, 3.63) is 69.3 Å². The molecule has 0 aromatic heterocycles. The Morgan fingerprint density at radius 3 is 2.93 bits per heavy atom. The number of nitro groups is 1. The Morgan fingerprint density at radius 2 is 2.18 bits per heavy atom. The van der Waals surface area contributed by atoms with Gasteiger partial charge in [-0.2, -0.15) is 0 Å². The molecule has 0 saturated heterocycles. The van der Waals surface area contributed by atoms with Crippen molar-refractivity contribution in [3.8, 4) is 11.5 Å². The number of fused-ring (bicyclic) bond motifs is 1. The summed E-state index contributed by atoms with van der Waals surface area (Å²) < 4.78 is 11.5. The number of carbonyl (C=O) groups is 1. The largest absolute Gasteiger partial charge is 0.493 e. The first-order valence-electron chi connectivity index (χ1n) is 9.12. The van der Waals surface area contributed by atoms with Crippen molar-refractivity contribution >= 4 is 17.7 Å². The number of hydrogen-bond donors (Lipinski definition) is 1. The van der Waals surface area contributed by atoms with Crippen LogP contribution in [0.4, 0.5) is 5.69 Å². The first-order valence-corrected chi connectivity index (χ1v) is 9.12. The van der Waals surface area contributed by atoms with Gasteiger partial charge in [-0.15, -0.1) is 0 Å². The van der Waals surface area contributed by atoms with Crippen molar-refractivity contribution in [1.29, 1.82) is 0 Å². The van der Waals surface area contributed by atoms with Crippen LogP contribution in [0, 0.1) is 10.1 Å². The van der Waals surface area contributed by atoms with Crippen LogP contribution in [0.25, 0.3) is 6.08 Å². The van der Waals surface area contributed by atoms with Gasteiger partial charge in [0.2, 0.25) is 5.91 Å². The van der Waals surface area contributed by atoms with E-state index in [1.54, 1.807) is 24.3 Å². The molecule has 0 saturated carbocycles.